The highest BCUT2D eigenvalue weighted by atomic mass is 32.2. The van der Waals surface area contributed by atoms with Crippen LogP contribution < -0.4 is 15.8 Å². The molecule has 0 aliphatic carbocycles. The molecule has 1 aromatic carbocycles. The summed E-state index contributed by atoms with van der Waals surface area (Å²) in [5, 5.41) is 18.3. The van der Waals surface area contributed by atoms with Gasteiger partial charge in [-0.25, -0.2) is 18.4 Å². The third kappa shape index (κ3) is 5.67. The monoisotopic (exact) mass is 301 g/mol. The van der Waals surface area contributed by atoms with Gasteiger partial charge in [-0.3, -0.25) is 4.79 Å². The molecule has 0 atom stereocenters. The minimum atomic E-state index is -3.83. The van der Waals surface area contributed by atoms with Crippen LogP contribution in [0.2, 0.25) is 0 Å². The van der Waals surface area contributed by atoms with E-state index in [1.165, 1.54) is 24.3 Å². The number of hydrogen-bond donors (Lipinski definition) is 4. The number of carboxylic acids is 1. The van der Waals surface area contributed by atoms with Crippen molar-refractivity contribution in [3.05, 3.63) is 24.3 Å². The summed E-state index contributed by atoms with van der Waals surface area (Å²) >= 11 is 0. The quantitative estimate of drug-likeness (QED) is 0.560. The SMILES string of the molecule is NS(=O)(=O)c1cccc(NC(=O)NCCCC(=O)O)c1. The maximum atomic E-state index is 11.5. The predicted octanol–water partition coefficient (Wildman–Crippen LogP) is 0.320. The average Bonchev–Trinajstić information content (AvgIpc) is 2.34. The number of rotatable bonds is 6. The molecule has 0 bridgehead atoms. The maximum absolute atomic E-state index is 11.5. The van der Waals surface area contributed by atoms with Gasteiger partial charge < -0.3 is 15.7 Å². The van der Waals surface area contributed by atoms with Crippen molar-refractivity contribution in [2.45, 2.75) is 17.7 Å². The van der Waals surface area contributed by atoms with Crippen LogP contribution in [0.5, 0.6) is 0 Å². The first-order valence-corrected chi connectivity index (χ1v) is 7.23. The molecule has 1 aromatic rings. The summed E-state index contributed by atoms with van der Waals surface area (Å²) in [7, 11) is -3.83. The third-order valence-electron chi connectivity index (χ3n) is 2.27. The van der Waals surface area contributed by atoms with Crippen molar-refractivity contribution in [3.63, 3.8) is 0 Å². The van der Waals surface area contributed by atoms with Crippen LogP contribution in [0.25, 0.3) is 0 Å². The van der Waals surface area contributed by atoms with Gasteiger partial charge in [-0.05, 0) is 24.6 Å². The Kier molecular flexibility index (Phi) is 5.47. The van der Waals surface area contributed by atoms with E-state index >= 15 is 0 Å². The second-order valence-electron chi connectivity index (χ2n) is 3.95. The summed E-state index contributed by atoms with van der Waals surface area (Å²) in [5.74, 6) is -0.937. The molecular formula is C11H15N3O5S. The van der Waals surface area contributed by atoms with Crippen LogP contribution >= 0.6 is 0 Å². The Hall–Kier alpha value is -2.13. The third-order valence-corrected chi connectivity index (χ3v) is 3.18. The summed E-state index contributed by atoms with van der Waals surface area (Å²) in [6, 6.07) is 4.94. The van der Waals surface area contributed by atoms with Crippen LogP contribution in [-0.4, -0.2) is 32.1 Å². The normalized spacial score (nSPS) is 10.8. The Balaban J connectivity index is 2.52. The molecule has 0 aromatic heterocycles. The number of carboxylic acid groups (broad SMARTS) is 1. The second-order valence-corrected chi connectivity index (χ2v) is 5.51. The van der Waals surface area contributed by atoms with Crippen molar-refractivity contribution in [2.75, 3.05) is 11.9 Å². The van der Waals surface area contributed by atoms with E-state index in [1.807, 2.05) is 0 Å². The van der Waals surface area contributed by atoms with Crippen LogP contribution in [0, 0.1) is 0 Å². The summed E-state index contributed by atoms with van der Waals surface area (Å²) in [4.78, 5) is 21.6. The fourth-order valence-corrected chi connectivity index (χ4v) is 1.93. The minimum Gasteiger partial charge on any atom is -0.481 e. The highest BCUT2D eigenvalue weighted by molar-refractivity contribution is 7.89. The first-order valence-electron chi connectivity index (χ1n) is 5.68. The molecule has 0 fully saturated rings. The van der Waals surface area contributed by atoms with Gasteiger partial charge in [-0.15, -0.1) is 0 Å². The van der Waals surface area contributed by atoms with E-state index in [0.29, 0.717) is 6.42 Å². The van der Waals surface area contributed by atoms with Gasteiger partial charge in [0.05, 0.1) is 4.90 Å². The van der Waals surface area contributed by atoms with Crippen molar-refractivity contribution in [1.82, 2.24) is 5.32 Å². The minimum absolute atomic E-state index is 0.0405. The lowest BCUT2D eigenvalue weighted by Gasteiger charge is -2.08. The molecule has 0 radical (unpaired) electrons. The first kappa shape index (κ1) is 15.9. The fourth-order valence-electron chi connectivity index (χ4n) is 1.37. The van der Waals surface area contributed by atoms with Crippen molar-refractivity contribution in [1.29, 1.82) is 0 Å². The van der Waals surface area contributed by atoms with Gasteiger partial charge in [-0.2, -0.15) is 0 Å². The molecule has 0 aliphatic heterocycles. The number of carbonyl (C=O) groups excluding carboxylic acids is 1. The number of aliphatic carboxylic acids is 1. The number of sulfonamides is 1. The number of benzene rings is 1. The van der Waals surface area contributed by atoms with E-state index < -0.39 is 22.0 Å². The Morgan fingerprint density at radius 3 is 2.60 bits per heavy atom. The Labute approximate surface area is 116 Å². The van der Waals surface area contributed by atoms with E-state index in [2.05, 4.69) is 10.6 Å². The average molecular weight is 301 g/mol. The van der Waals surface area contributed by atoms with Gasteiger partial charge in [0, 0.05) is 18.7 Å². The van der Waals surface area contributed by atoms with Crippen molar-refractivity contribution in [3.8, 4) is 0 Å². The number of primary sulfonamides is 1. The van der Waals surface area contributed by atoms with E-state index in [0.717, 1.165) is 0 Å². The Morgan fingerprint density at radius 2 is 2.00 bits per heavy atom. The molecule has 0 saturated heterocycles. The van der Waals surface area contributed by atoms with Crippen LogP contribution in [-0.2, 0) is 14.8 Å². The highest BCUT2D eigenvalue weighted by Crippen LogP contribution is 2.13. The Morgan fingerprint density at radius 1 is 1.30 bits per heavy atom. The molecule has 0 spiro atoms. The van der Waals surface area contributed by atoms with Crippen LogP contribution in [0.3, 0.4) is 0 Å². The second kappa shape index (κ2) is 6.87. The lowest BCUT2D eigenvalue weighted by molar-refractivity contribution is -0.137. The topological polar surface area (TPSA) is 139 Å². The zero-order valence-electron chi connectivity index (χ0n) is 10.5. The fraction of sp³-hybridized carbons (Fsp3) is 0.273. The van der Waals surface area contributed by atoms with Gasteiger partial charge in [0.1, 0.15) is 0 Å². The smallest absolute Gasteiger partial charge is 0.319 e. The summed E-state index contributed by atoms with van der Waals surface area (Å²) in [5.41, 5.74) is 0.271. The molecule has 110 valence electrons. The number of amides is 2. The number of carbonyl (C=O) groups is 2. The molecular weight excluding hydrogens is 286 g/mol. The van der Waals surface area contributed by atoms with Gasteiger partial charge >= 0.3 is 12.0 Å². The number of hydrogen-bond acceptors (Lipinski definition) is 4. The number of anilines is 1. The number of nitrogens with one attached hydrogen (secondary N) is 2. The van der Waals surface area contributed by atoms with Gasteiger partial charge in [0.25, 0.3) is 0 Å². The molecule has 9 heteroatoms. The van der Waals surface area contributed by atoms with E-state index in [1.54, 1.807) is 0 Å². The van der Waals surface area contributed by atoms with E-state index in [-0.39, 0.29) is 23.5 Å². The van der Waals surface area contributed by atoms with E-state index in [9.17, 15) is 18.0 Å². The molecule has 0 heterocycles. The van der Waals surface area contributed by atoms with E-state index in [4.69, 9.17) is 10.2 Å². The van der Waals surface area contributed by atoms with Gasteiger partial charge in [0.2, 0.25) is 10.0 Å². The molecule has 2 amide bonds. The summed E-state index contributed by atoms with van der Waals surface area (Å²) in [6.45, 7) is 0.201. The zero-order valence-corrected chi connectivity index (χ0v) is 11.3. The largest absolute Gasteiger partial charge is 0.481 e. The Bertz CT molecular complexity index is 600. The van der Waals surface area contributed by atoms with Crippen LogP contribution in [0.4, 0.5) is 10.5 Å². The standard InChI is InChI=1S/C11H15N3O5S/c12-20(18,19)9-4-1-3-8(7-9)14-11(17)13-6-2-5-10(15)16/h1,3-4,7H,2,5-6H2,(H,15,16)(H2,12,18,19)(H2,13,14,17). The molecule has 0 aliphatic rings. The summed E-state index contributed by atoms with van der Waals surface area (Å²) < 4.78 is 22.3. The number of urea groups is 1. The van der Waals surface area contributed by atoms with Crippen molar-refractivity contribution >= 4 is 27.7 Å². The zero-order chi connectivity index (χ0) is 15.2. The molecule has 5 N–H and O–H groups in total. The first-order chi connectivity index (χ1) is 9.29. The summed E-state index contributed by atoms with van der Waals surface area (Å²) in [6.07, 6.45) is 0.265. The van der Waals surface area contributed by atoms with Crippen molar-refractivity contribution < 1.29 is 23.1 Å². The van der Waals surface area contributed by atoms with Crippen molar-refractivity contribution in [2.24, 2.45) is 5.14 Å². The molecule has 0 saturated carbocycles. The highest BCUT2D eigenvalue weighted by Gasteiger charge is 2.09. The number of nitrogens with two attached hydrogens (primary N) is 1. The lowest BCUT2D eigenvalue weighted by atomic mass is 10.3. The van der Waals surface area contributed by atoms with Crippen LogP contribution in [0.1, 0.15) is 12.8 Å². The molecule has 20 heavy (non-hydrogen) atoms. The predicted molar refractivity (Wildman–Crippen MR) is 71.7 cm³/mol. The maximum Gasteiger partial charge on any atom is 0.319 e. The van der Waals surface area contributed by atoms with Gasteiger partial charge in [0.15, 0.2) is 0 Å². The molecule has 0 unspecified atom stereocenters. The molecule has 1 rings (SSSR count). The van der Waals surface area contributed by atoms with Crippen LogP contribution in [0.15, 0.2) is 29.2 Å². The molecule has 8 nitrogen and oxygen atoms in total. The lowest BCUT2D eigenvalue weighted by Crippen LogP contribution is -2.29. The van der Waals surface area contributed by atoms with Gasteiger partial charge in [-0.1, -0.05) is 6.07 Å².